The largest absolute Gasteiger partial charge is 0.317 e. The first kappa shape index (κ1) is 10.4. The van der Waals surface area contributed by atoms with Crippen LogP contribution in [0.15, 0.2) is 0 Å². The van der Waals surface area contributed by atoms with Gasteiger partial charge >= 0.3 is 0 Å². The average molecular weight is 196 g/mol. The van der Waals surface area contributed by atoms with Crippen molar-refractivity contribution in [3.05, 3.63) is 0 Å². The number of rotatable bonds is 3. The number of hydrogen-bond acceptors (Lipinski definition) is 2. The molecule has 0 spiro atoms. The monoisotopic (exact) mass is 196 g/mol. The molecule has 0 radical (unpaired) electrons. The van der Waals surface area contributed by atoms with Crippen LogP contribution in [0.4, 0.5) is 0 Å². The summed E-state index contributed by atoms with van der Waals surface area (Å²) in [6.45, 7) is 8.78. The van der Waals surface area contributed by atoms with Crippen LogP contribution in [0.25, 0.3) is 0 Å². The van der Waals surface area contributed by atoms with Gasteiger partial charge in [0.2, 0.25) is 0 Å². The highest BCUT2D eigenvalue weighted by Crippen LogP contribution is 2.27. The second-order valence-corrected chi connectivity index (χ2v) is 4.98. The van der Waals surface area contributed by atoms with Gasteiger partial charge in [0.05, 0.1) is 0 Å². The van der Waals surface area contributed by atoms with E-state index in [-0.39, 0.29) is 0 Å². The molecular formula is C12H24N2. The fourth-order valence-electron chi connectivity index (χ4n) is 2.98. The average Bonchev–Trinajstić information content (AvgIpc) is 2.67. The second-order valence-electron chi connectivity index (χ2n) is 4.98. The van der Waals surface area contributed by atoms with Gasteiger partial charge in [0.15, 0.2) is 0 Å². The molecule has 2 nitrogen and oxygen atoms in total. The van der Waals surface area contributed by atoms with Crippen molar-refractivity contribution in [2.45, 2.75) is 32.6 Å². The van der Waals surface area contributed by atoms with Crippen molar-refractivity contribution in [2.75, 3.05) is 32.7 Å². The molecule has 2 aliphatic rings. The summed E-state index contributed by atoms with van der Waals surface area (Å²) in [5, 5.41) is 3.45. The maximum absolute atomic E-state index is 3.45. The van der Waals surface area contributed by atoms with Gasteiger partial charge in [0.25, 0.3) is 0 Å². The van der Waals surface area contributed by atoms with Crippen molar-refractivity contribution >= 4 is 0 Å². The zero-order chi connectivity index (χ0) is 9.80. The molecule has 2 saturated heterocycles. The van der Waals surface area contributed by atoms with Gasteiger partial charge in [0, 0.05) is 6.54 Å². The van der Waals surface area contributed by atoms with Crippen molar-refractivity contribution in [1.82, 2.24) is 10.2 Å². The lowest BCUT2D eigenvalue weighted by Gasteiger charge is -2.25. The van der Waals surface area contributed by atoms with Gasteiger partial charge in [-0.3, -0.25) is 0 Å². The van der Waals surface area contributed by atoms with Gasteiger partial charge in [-0.05, 0) is 63.7 Å². The number of hydrogen-bond donors (Lipinski definition) is 1. The van der Waals surface area contributed by atoms with Gasteiger partial charge in [-0.25, -0.2) is 0 Å². The molecule has 2 rings (SSSR count). The minimum Gasteiger partial charge on any atom is -0.317 e. The Labute approximate surface area is 88.1 Å². The second kappa shape index (κ2) is 5.13. The van der Waals surface area contributed by atoms with E-state index in [4.69, 9.17) is 0 Å². The Kier molecular flexibility index (Phi) is 3.82. The molecule has 1 N–H and O–H groups in total. The fraction of sp³-hybridized carbons (Fsp3) is 1.00. The van der Waals surface area contributed by atoms with Crippen molar-refractivity contribution in [3.63, 3.8) is 0 Å². The highest BCUT2D eigenvalue weighted by atomic mass is 15.1. The standard InChI is InChI=1S/C12H24N2/c1-2-14-8-5-12(10-14)9-11-3-6-13-7-4-11/h11-13H,2-10H2,1H3. The van der Waals surface area contributed by atoms with Crippen molar-refractivity contribution in [2.24, 2.45) is 11.8 Å². The lowest BCUT2D eigenvalue weighted by molar-refractivity contribution is 0.284. The molecule has 82 valence electrons. The van der Waals surface area contributed by atoms with Crippen LogP contribution in [0.5, 0.6) is 0 Å². The molecule has 2 aliphatic heterocycles. The first-order valence-electron chi connectivity index (χ1n) is 6.31. The first-order valence-corrected chi connectivity index (χ1v) is 6.31. The van der Waals surface area contributed by atoms with Crippen LogP contribution in [0.1, 0.15) is 32.6 Å². The number of likely N-dealkylation sites (tertiary alicyclic amines) is 1. The number of nitrogens with one attached hydrogen (secondary N) is 1. The molecule has 0 aromatic rings. The molecule has 1 atom stereocenters. The molecule has 0 saturated carbocycles. The third-order valence-corrected chi connectivity index (χ3v) is 3.94. The fourth-order valence-corrected chi connectivity index (χ4v) is 2.98. The van der Waals surface area contributed by atoms with E-state index in [1.807, 2.05) is 0 Å². The Morgan fingerprint density at radius 3 is 2.57 bits per heavy atom. The van der Waals surface area contributed by atoms with E-state index in [0.29, 0.717) is 0 Å². The van der Waals surface area contributed by atoms with E-state index in [2.05, 4.69) is 17.1 Å². The molecule has 1 unspecified atom stereocenters. The Bertz CT molecular complexity index is 164. The highest BCUT2D eigenvalue weighted by molar-refractivity contribution is 4.79. The van der Waals surface area contributed by atoms with Crippen LogP contribution in [-0.2, 0) is 0 Å². The normalized spacial score (nSPS) is 31.1. The van der Waals surface area contributed by atoms with Crippen LogP contribution >= 0.6 is 0 Å². The van der Waals surface area contributed by atoms with E-state index in [0.717, 1.165) is 11.8 Å². The van der Waals surface area contributed by atoms with Gasteiger partial charge < -0.3 is 10.2 Å². The zero-order valence-corrected chi connectivity index (χ0v) is 9.47. The summed E-state index contributed by atoms with van der Waals surface area (Å²) in [7, 11) is 0. The van der Waals surface area contributed by atoms with Crippen molar-refractivity contribution < 1.29 is 0 Å². The zero-order valence-electron chi connectivity index (χ0n) is 9.47. The number of piperidine rings is 1. The quantitative estimate of drug-likeness (QED) is 0.739. The van der Waals surface area contributed by atoms with Gasteiger partial charge in [-0.2, -0.15) is 0 Å². The summed E-state index contributed by atoms with van der Waals surface area (Å²) in [5.74, 6) is 2.04. The Balaban J connectivity index is 1.69. The maximum Gasteiger partial charge on any atom is 0.00101 e. The topological polar surface area (TPSA) is 15.3 Å². The van der Waals surface area contributed by atoms with E-state index in [1.54, 1.807) is 0 Å². The lowest BCUT2D eigenvalue weighted by atomic mass is 9.87. The minimum atomic E-state index is 1.01. The molecule has 2 heterocycles. The Hall–Kier alpha value is -0.0800. The van der Waals surface area contributed by atoms with Crippen LogP contribution in [0, 0.1) is 11.8 Å². The van der Waals surface area contributed by atoms with E-state index < -0.39 is 0 Å². The number of nitrogens with zero attached hydrogens (tertiary/aromatic N) is 1. The molecule has 0 aromatic carbocycles. The van der Waals surface area contributed by atoms with E-state index in [9.17, 15) is 0 Å². The van der Waals surface area contributed by atoms with E-state index >= 15 is 0 Å². The SMILES string of the molecule is CCN1CCC(CC2CCNCC2)C1. The van der Waals surface area contributed by atoms with Crippen LogP contribution in [0.3, 0.4) is 0 Å². The van der Waals surface area contributed by atoms with Gasteiger partial charge in [-0.15, -0.1) is 0 Å². The van der Waals surface area contributed by atoms with Crippen LogP contribution < -0.4 is 5.32 Å². The molecule has 0 aromatic heterocycles. The molecular weight excluding hydrogens is 172 g/mol. The smallest absolute Gasteiger partial charge is 0.00101 e. The summed E-state index contributed by atoms with van der Waals surface area (Å²) in [6, 6.07) is 0. The van der Waals surface area contributed by atoms with Gasteiger partial charge in [0.1, 0.15) is 0 Å². The summed E-state index contributed by atoms with van der Waals surface area (Å²) < 4.78 is 0. The lowest BCUT2D eigenvalue weighted by Crippen LogP contribution is -2.29. The summed E-state index contributed by atoms with van der Waals surface area (Å²) in [4.78, 5) is 2.60. The van der Waals surface area contributed by atoms with Crippen molar-refractivity contribution in [1.29, 1.82) is 0 Å². The molecule has 0 amide bonds. The van der Waals surface area contributed by atoms with Crippen molar-refractivity contribution in [3.8, 4) is 0 Å². The summed E-state index contributed by atoms with van der Waals surface area (Å²) >= 11 is 0. The third kappa shape index (κ3) is 2.71. The summed E-state index contributed by atoms with van der Waals surface area (Å²) in [6.07, 6.45) is 5.79. The molecule has 0 bridgehead atoms. The van der Waals surface area contributed by atoms with E-state index in [1.165, 1.54) is 58.4 Å². The molecule has 0 aliphatic carbocycles. The predicted octanol–water partition coefficient (Wildman–Crippen LogP) is 1.72. The maximum atomic E-state index is 3.45. The first-order chi connectivity index (χ1) is 6.88. The summed E-state index contributed by atoms with van der Waals surface area (Å²) in [5.41, 5.74) is 0. The Morgan fingerprint density at radius 1 is 1.14 bits per heavy atom. The Morgan fingerprint density at radius 2 is 1.93 bits per heavy atom. The third-order valence-electron chi connectivity index (χ3n) is 3.94. The van der Waals surface area contributed by atoms with Crippen LogP contribution in [-0.4, -0.2) is 37.6 Å². The molecule has 14 heavy (non-hydrogen) atoms. The van der Waals surface area contributed by atoms with Crippen LogP contribution in [0.2, 0.25) is 0 Å². The minimum absolute atomic E-state index is 1.01. The molecule has 2 heteroatoms. The van der Waals surface area contributed by atoms with Gasteiger partial charge in [-0.1, -0.05) is 6.92 Å². The predicted molar refractivity (Wildman–Crippen MR) is 60.4 cm³/mol. The molecule has 2 fully saturated rings. The highest BCUT2D eigenvalue weighted by Gasteiger charge is 2.24.